The van der Waals surface area contributed by atoms with E-state index in [9.17, 15) is 27.6 Å². The fourth-order valence-electron chi connectivity index (χ4n) is 8.90. The molecule has 3 saturated carbocycles. The van der Waals surface area contributed by atoms with Crippen LogP contribution in [0.4, 0.5) is 29.3 Å². The Kier molecular flexibility index (Phi) is 9.87. The number of amides is 3. The Hall–Kier alpha value is -4.02. The van der Waals surface area contributed by atoms with Crippen LogP contribution in [-0.4, -0.2) is 52.5 Å². The summed E-state index contributed by atoms with van der Waals surface area (Å²) in [5.74, 6) is 0.0586. The summed E-state index contributed by atoms with van der Waals surface area (Å²) in [6, 6.07) is 10.5. The molecule has 0 spiro atoms. The topological polar surface area (TPSA) is 136 Å². The summed E-state index contributed by atoms with van der Waals surface area (Å²) in [6.07, 6.45) is 1.05. The second-order valence-electron chi connectivity index (χ2n) is 16.0. The fraction of sp³-hybridized carbons (Fsp3) is 0.526. The maximum Gasteiger partial charge on any atom is 0.481 e. The number of benzene rings is 2. The summed E-state index contributed by atoms with van der Waals surface area (Å²) in [4.78, 5) is 47.5. The van der Waals surface area contributed by atoms with Gasteiger partial charge in [-0.05, 0) is 92.5 Å². The lowest BCUT2D eigenvalue weighted by molar-refractivity contribution is -0.185. The van der Waals surface area contributed by atoms with E-state index in [-0.39, 0.29) is 36.0 Å². The Bertz CT molecular complexity index is 2020. The molecule has 4 fully saturated rings. The first-order chi connectivity index (χ1) is 25.5. The number of nitrogens with zero attached hydrogens (tertiary/aromatic N) is 2. The van der Waals surface area contributed by atoms with Crippen molar-refractivity contribution in [3.05, 3.63) is 82.0 Å². The summed E-state index contributed by atoms with van der Waals surface area (Å²) in [5, 5.41) is 11.8. The Labute approximate surface area is 317 Å². The van der Waals surface area contributed by atoms with Crippen molar-refractivity contribution in [2.45, 2.75) is 107 Å². The van der Waals surface area contributed by atoms with Gasteiger partial charge in [-0.1, -0.05) is 39.0 Å². The number of carbonyl (C=O) groups is 2. The molecule has 3 aromatic rings. The molecule has 8 rings (SSSR count). The molecule has 1 saturated heterocycles. The molecular formula is C38H46BF3N6O5S. The molecule has 5 aliphatic rings. The number of rotatable bonds is 10. The third kappa shape index (κ3) is 6.89. The van der Waals surface area contributed by atoms with Crippen molar-refractivity contribution >= 4 is 42.2 Å². The number of urea groups is 1. The van der Waals surface area contributed by atoms with Crippen molar-refractivity contribution in [2.24, 2.45) is 17.3 Å². The average Bonchev–Trinajstić information content (AvgIpc) is 3.64. The van der Waals surface area contributed by atoms with Gasteiger partial charge in [0, 0.05) is 23.5 Å². The molecule has 2 aliphatic heterocycles. The molecule has 16 heteroatoms. The number of nitrogens with one attached hydrogen (secondary N) is 4. The molecule has 0 radical (unpaired) electrons. The van der Waals surface area contributed by atoms with Crippen LogP contribution in [0.3, 0.4) is 0 Å². The lowest BCUT2D eigenvalue weighted by Gasteiger charge is -2.63. The number of halogens is 3. The lowest BCUT2D eigenvalue weighted by atomic mass is 9.45. The van der Waals surface area contributed by atoms with Gasteiger partial charge in [-0.25, -0.2) is 9.78 Å². The van der Waals surface area contributed by atoms with Crippen molar-refractivity contribution in [3.63, 3.8) is 0 Å². The first kappa shape index (κ1) is 38.3. The van der Waals surface area contributed by atoms with Crippen LogP contribution in [0.15, 0.2) is 64.4 Å². The van der Waals surface area contributed by atoms with Crippen molar-refractivity contribution in [2.75, 3.05) is 16.9 Å². The quantitative estimate of drug-likeness (QED) is 0.132. The van der Waals surface area contributed by atoms with E-state index < -0.39 is 59.5 Å². The van der Waals surface area contributed by atoms with Crippen LogP contribution in [0.25, 0.3) is 0 Å². The molecule has 4 N–H and O–H groups in total. The first-order valence-electron chi connectivity index (χ1n) is 18.3. The molecule has 54 heavy (non-hydrogen) atoms. The Morgan fingerprint density at radius 2 is 1.87 bits per heavy atom. The van der Waals surface area contributed by atoms with Crippen LogP contribution in [0, 0.1) is 17.3 Å². The normalized spacial score (nSPS) is 28.4. The lowest BCUT2D eigenvalue weighted by Crippen LogP contribution is -2.63. The van der Waals surface area contributed by atoms with Gasteiger partial charge in [0.1, 0.15) is 17.6 Å². The highest BCUT2D eigenvalue weighted by Crippen LogP contribution is 2.64. The number of fused-ring (bicyclic) bond motifs is 1. The monoisotopic (exact) mass is 766 g/mol. The fourth-order valence-corrected chi connectivity index (χ4v) is 9.36. The van der Waals surface area contributed by atoms with Gasteiger partial charge < -0.3 is 30.6 Å². The molecule has 3 unspecified atom stereocenters. The highest BCUT2D eigenvalue weighted by atomic mass is 32.2. The predicted octanol–water partition coefficient (Wildman–Crippen LogP) is 6.74. The third-order valence-corrected chi connectivity index (χ3v) is 12.8. The summed E-state index contributed by atoms with van der Waals surface area (Å²) in [6.45, 7) is 10.2. The molecule has 3 aliphatic carbocycles. The van der Waals surface area contributed by atoms with E-state index >= 15 is 0 Å². The minimum atomic E-state index is -4.52. The van der Waals surface area contributed by atoms with E-state index in [2.05, 4.69) is 47.0 Å². The zero-order valence-electron chi connectivity index (χ0n) is 31.2. The number of hydrogen-bond donors (Lipinski definition) is 4. The smallest absolute Gasteiger partial charge is 0.404 e. The second kappa shape index (κ2) is 13.9. The predicted molar refractivity (Wildman–Crippen MR) is 201 cm³/mol. The molecule has 1 aromatic heterocycles. The number of hydrogen-bond acceptors (Lipinski definition) is 8. The maximum absolute atomic E-state index is 14.3. The van der Waals surface area contributed by atoms with Gasteiger partial charge in [0.2, 0.25) is 5.91 Å². The first-order valence-corrected chi connectivity index (χ1v) is 19.6. The van der Waals surface area contributed by atoms with E-state index in [1.54, 1.807) is 13.0 Å². The van der Waals surface area contributed by atoms with Crippen LogP contribution in [0.2, 0.25) is 0 Å². The Morgan fingerprint density at radius 3 is 2.57 bits per heavy atom. The third-order valence-electron chi connectivity index (χ3n) is 12.1. The van der Waals surface area contributed by atoms with E-state index in [1.807, 2.05) is 31.4 Å². The standard InChI is InChI=1S/C38H46BF3N6O5S/c1-7-29(39-52-30-26-15-23(35(26,2)3)17-37(30,5)53-39)46-31(49)28-18-36(4,47-34(51)45-24-12-9-13-25(16-24)54-6)33-44-20-27(32(50)48(28)33)43-19-21-10-8-11-22(14-21)38(40,41)42/h8-14,16,20,23,26,28-30,43H,7,15,17-19H2,1-6H3,(H,46,49)(H2,45,47,51)/t23?,26?,28-,29-,30?,36+,37-/m0/s1. The van der Waals surface area contributed by atoms with Crippen LogP contribution in [0.1, 0.15) is 83.3 Å². The van der Waals surface area contributed by atoms with Gasteiger partial charge in [0.15, 0.2) is 0 Å². The van der Waals surface area contributed by atoms with Gasteiger partial charge in [-0.3, -0.25) is 14.2 Å². The van der Waals surface area contributed by atoms with Crippen LogP contribution >= 0.6 is 11.8 Å². The number of thioether (sulfide) groups is 1. The minimum absolute atomic E-state index is 0.00246. The zero-order valence-corrected chi connectivity index (χ0v) is 32.0. The van der Waals surface area contributed by atoms with E-state index in [0.717, 1.165) is 29.9 Å². The molecule has 2 aromatic carbocycles. The van der Waals surface area contributed by atoms with Crippen LogP contribution in [-0.2, 0) is 32.4 Å². The van der Waals surface area contributed by atoms with E-state index in [0.29, 0.717) is 29.5 Å². The molecular weight excluding hydrogens is 720 g/mol. The summed E-state index contributed by atoms with van der Waals surface area (Å²) < 4.78 is 54.5. The SMILES string of the molecule is CC[C@H](NC(=O)[C@@H]1C[C@@](C)(NC(=O)Nc2cccc(SC)c2)c2ncc(NCc3cccc(C(F)(F)F)c3)c(=O)n21)B1OC2C3CC(C[C@]2(C)O1)C3(C)C. The molecule has 3 heterocycles. The van der Waals surface area contributed by atoms with Gasteiger partial charge in [-0.15, -0.1) is 11.8 Å². The molecule has 11 nitrogen and oxygen atoms in total. The van der Waals surface area contributed by atoms with E-state index in [1.165, 1.54) is 34.7 Å². The number of alkyl halides is 3. The van der Waals surface area contributed by atoms with Gasteiger partial charge >= 0.3 is 19.3 Å². The van der Waals surface area contributed by atoms with Crippen LogP contribution in [0.5, 0.6) is 0 Å². The van der Waals surface area contributed by atoms with Crippen molar-refractivity contribution in [3.8, 4) is 0 Å². The Balaban J connectivity index is 1.15. The molecule has 2 bridgehead atoms. The zero-order chi connectivity index (χ0) is 38.8. The molecule has 288 valence electrons. The number of anilines is 2. The summed E-state index contributed by atoms with van der Waals surface area (Å²) >= 11 is 1.53. The minimum Gasteiger partial charge on any atom is -0.404 e. The molecule has 3 amide bonds. The van der Waals surface area contributed by atoms with Gasteiger partial charge in [0.25, 0.3) is 5.56 Å². The summed E-state index contributed by atoms with van der Waals surface area (Å²) in [5.41, 5.74) is -2.13. The largest absolute Gasteiger partial charge is 0.481 e. The van der Waals surface area contributed by atoms with Crippen molar-refractivity contribution in [1.82, 2.24) is 20.2 Å². The Morgan fingerprint density at radius 1 is 1.11 bits per heavy atom. The van der Waals surface area contributed by atoms with Crippen LogP contribution < -0.4 is 26.8 Å². The van der Waals surface area contributed by atoms with Gasteiger partial charge in [-0.2, -0.15) is 13.2 Å². The van der Waals surface area contributed by atoms with Crippen molar-refractivity contribution < 1.29 is 32.1 Å². The van der Waals surface area contributed by atoms with Crippen molar-refractivity contribution in [1.29, 1.82) is 0 Å². The number of aromatic nitrogens is 2. The average molecular weight is 767 g/mol. The molecule has 7 atom stereocenters. The highest BCUT2D eigenvalue weighted by molar-refractivity contribution is 7.98. The second-order valence-corrected chi connectivity index (χ2v) is 16.9. The van der Waals surface area contributed by atoms with Gasteiger partial charge in [0.05, 0.1) is 34.9 Å². The van der Waals surface area contributed by atoms with E-state index in [4.69, 9.17) is 9.31 Å². The summed E-state index contributed by atoms with van der Waals surface area (Å²) in [7, 11) is -0.687. The maximum atomic E-state index is 14.3. The highest BCUT2D eigenvalue weighted by Gasteiger charge is 2.67. The number of carbonyl (C=O) groups excluding carboxylic acids is 2.